The number of aromatic carboxylic acids is 1. The van der Waals surface area contributed by atoms with Gasteiger partial charge in [0.05, 0.1) is 29.1 Å². The van der Waals surface area contributed by atoms with Crippen molar-refractivity contribution >= 4 is 35.4 Å². The standard InChI is InChI=1S/C19H26N4O4.C17H22N4O4/c1-5-26-17(24)14-11-20-16-10-15(21-23(16)12-14)13-6-8-22(9-7-13)18(25)27-19(2,3)4;1-17(2,3)25-16(24)20-6-4-11(5-7-20)13-8-14-18-9-12(15(22)23)10-21(14)19-13/h10-13H,5-9H2,1-4H3;8-11H,4-7H2,1-3H3,(H,22,23). The van der Waals surface area contributed by atoms with Crippen LogP contribution >= 0.6 is 0 Å². The minimum atomic E-state index is -1.03. The first-order chi connectivity index (χ1) is 24.5. The van der Waals surface area contributed by atoms with Gasteiger partial charge in [-0.2, -0.15) is 10.2 Å². The fourth-order valence-electron chi connectivity index (χ4n) is 5.99. The number of ether oxygens (including phenoxy) is 3. The third kappa shape index (κ3) is 9.73. The van der Waals surface area contributed by atoms with Crippen LogP contribution in [-0.4, -0.2) is 112 Å². The molecule has 6 heterocycles. The van der Waals surface area contributed by atoms with Gasteiger partial charge in [-0.1, -0.05) is 0 Å². The Balaban J connectivity index is 0.000000202. The van der Waals surface area contributed by atoms with Crippen LogP contribution in [-0.2, 0) is 14.2 Å². The number of fused-ring (bicyclic) bond motifs is 2. The molecule has 16 nitrogen and oxygen atoms in total. The Labute approximate surface area is 302 Å². The van der Waals surface area contributed by atoms with Crippen molar-refractivity contribution in [2.75, 3.05) is 32.8 Å². The Kier molecular flexibility index (Phi) is 11.3. The van der Waals surface area contributed by atoms with Crippen LogP contribution in [0.25, 0.3) is 11.3 Å². The summed E-state index contributed by atoms with van der Waals surface area (Å²) in [7, 11) is 0. The average Bonchev–Trinajstić information content (AvgIpc) is 3.71. The van der Waals surface area contributed by atoms with E-state index < -0.39 is 23.1 Å². The first-order valence-electron chi connectivity index (χ1n) is 17.6. The van der Waals surface area contributed by atoms with E-state index in [4.69, 9.17) is 19.3 Å². The summed E-state index contributed by atoms with van der Waals surface area (Å²) in [4.78, 5) is 59.1. The van der Waals surface area contributed by atoms with Crippen LogP contribution < -0.4 is 0 Å². The molecule has 0 spiro atoms. The molecular weight excluding hydrogens is 672 g/mol. The lowest BCUT2D eigenvalue weighted by atomic mass is 9.94. The average molecular weight is 721 g/mol. The molecule has 6 rings (SSSR count). The predicted molar refractivity (Wildman–Crippen MR) is 188 cm³/mol. The van der Waals surface area contributed by atoms with E-state index in [1.165, 1.54) is 23.1 Å². The number of likely N-dealkylation sites (tertiary alicyclic amines) is 2. The van der Waals surface area contributed by atoms with Gasteiger partial charge in [0.2, 0.25) is 0 Å². The number of carboxylic acids is 1. The van der Waals surface area contributed by atoms with E-state index in [1.807, 2.05) is 53.7 Å². The van der Waals surface area contributed by atoms with Crippen molar-refractivity contribution in [3.05, 3.63) is 59.4 Å². The van der Waals surface area contributed by atoms with Gasteiger partial charge in [0.15, 0.2) is 11.3 Å². The summed E-state index contributed by atoms with van der Waals surface area (Å²) in [5, 5.41) is 18.1. The summed E-state index contributed by atoms with van der Waals surface area (Å²) >= 11 is 0. The molecule has 0 aromatic carbocycles. The lowest BCUT2D eigenvalue weighted by Crippen LogP contribution is -2.41. The third-order valence-corrected chi connectivity index (χ3v) is 8.55. The molecule has 4 aromatic rings. The minimum absolute atomic E-state index is 0.0990. The quantitative estimate of drug-likeness (QED) is 0.200. The molecule has 2 aliphatic rings. The fourth-order valence-corrected chi connectivity index (χ4v) is 5.99. The molecule has 0 atom stereocenters. The molecule has 52 heavy (non-hydrogen) atoms. The van der Waals surface area contributed by atoms with Gasteiger partial charge < -0.3 is 29.1 Å². The maximum atomic E-state index is 12.2. The number of carbonyl (C=O) groups is 4. The molecular formula is C36H48N8O8. The largest absolute Gasteiger partial charge is 0.478 e. The maximum absolute atomic E-state index is 12.2. The number of rotatable bonds is 5. The van der Waals surface area contributed by atoms with Crippen LogP contribution in [0.3, 0.4) is 0 Å². The number of carbonyl (C=O) groups excluding carboxylic acids is 3. The number of hydrogen-bond acceptors (Lipinski definition) is 11. The molecule has 0 radical (unpaired) electrons. The number of hydrogen-bond donors (Lipinski definition) is 1. The first-order valence-corrected chi connectivity index (χ1v) is 17.6. The van der Waals surface area contributed by atoms with Gasteiger partial charge >= 0.3 is 24.1 Å². The van der Waals surface area contributed by atoms with E-state index in [0.29, 0.717) is 49.6 Å². The van der Waals surface area contributed by atoms with Crippen molar-refractivity contribution in [3.8, 4) is 0 Å². The van der Waals surface area contributed by atoms with Gasteiger partial charge in [0, 0.05) is 74.9 Å². The molecule has 2 saturated heterocycles. The zero-order chi connectivity index (χ0) is 37.8. The first kappa shape index (κ1) is 38.0. The van der Waals surface area contributed by atoms with E-state index in [9.17, 15) is 19.2 Å². The SMILES string of the molecule is CC(C)(C)OC(=O)N1CCC(c2cc3ncc(C(=O)O)cn3n2)CC1.CCOC(=O)c1cnc2cc(C3CCN(C(=O)OC(C)(C)C)CC3)nn2c1. The fraction of sp³-hybridized carbons (Fsp3) is 0.556. The van der Waals surface area contributed by atoms with E-state index in [-0.39, 0.29) is 29.6 Å². The second-order valence-corrected chi connectivity index (χ2v) is 14.9. The van der Waals surface area contributed by atoms with Crippen LogP contribution in [0.15, 0.2) is 36.9 Å². The minimum Gasteiger partial charge on any atom is -0.478 e. The Morgan fingerprint density at radius 2 is 1.12 bits per heavy atom. The molecule has 2 amide bonds. The molecule has 2 fully saturated rings. The maximum Gasteiger partial charge on any atom is 0.410 e. The molecule has 4 aromatic heterocycles. The Morgan fingerprint density at radius 1 is 0.712 bits per heavy atom. The van der Waals surface area contributed by atoms with Gasteiger partial charge in [-0.25, -0.2) is 38.2 Å². The molecule has 16 heteroatoms. The van der Waals surface area contributed by atoms with E-state index >= 15 is 0 Å². The van der Waals surface area contributed by atoms with Crippen LogP contribution in [0.4, 0.5) is 9.59 Å². The molecule has 0 aliphatic carbocycles. The van der Waals surface area contributed by atoms with Gasteiger partial charge in [0.25, 0.3) is 0 Å². The molecule has 0 bridgehead atoms. The number of amides is 2. The van der Waals surface area contributed by atoms with Crippen LogP contribution in [0.5, 0.6) is 0 Å². The molecule has 280 valence electrons. The lowest BCUT2D eigenvalue weighted by molar-refractivity contribution is 0.0193. The summed E-state index contributed by atoms with van der Waals surface area (Å²) in [6, 6.07) is 3.81. The van der Waals surface area contributed by atoms with Gasteiger partial charge in [-0.05, 0) is 74.1 Å². The summed E-state index contributed by atoms with van der Waals surface area (Å²) in [6.45, 7) is 15.7. The van der Waals surface area contributed by atoms with Crippen LogP contribution in [0.2, 0.25) is 0 Å². The molecule has 2 aliphatic heterocycles. The topological polar surface area (TPSA) is 183 Å². The Morgan fingerprint density at radius 3 is 1.50 bits per heavy atom. The van der Waals surface area contributed by atoms with Crippen molar-refractivity contribution in [1.82, 2.24) is 39.0 Å². The van der Waals surface area contributed by atoms with Crippen molar-refractivity contribution in [2.24, 2.45) is 0 Å². The number of aromatic nitrogens is 6. The van der Waals surface area contributed by atoms with Crippen LogP contribution in [0, 0.1) is 0 Å². The van der Waals surface area contributed by atoms with Crippen molar-refractivity contribution < 1.29 is 38.5 Å². The molecule has 0 saturated carbocycles. The lowest BCUT2D eigenvalue weighted by Gasteiger charge is -2.32. The van der Waals surface area contributed by atoms with E-state index in [0.717, 1.165) is 37.1 Å². The van der Waals surface area contributed by atoms with Crippen LogP contribution in [0.1, 0.15) is 118 Å². The van der Waals surface area contributed by atoms with E-state index in [2.05, 4.69) is 20.2 Å². The van der Waals surface area contributed by atoms with Crippen molar-refractivity contribution in [3.63, 3.8) is 0 Å². The highest BCUT2D eigenvalue weighted by Crippen LogP contribution is 2.30. The third-order valence-electron chi connectivity index (χ3n) is 8.55. The Hall–Kier alpha value is -5.28. The second-order valence-electron chi connectivity index (χ2n) is 14.9. The van der Waals surface area contributed by atoms with Gasteiger partial charge in [-0.3, -0.25) is 0 Å². The summed E-state index contributed by atoms with van der Waals surface area (Å²) in [6.07, 6.45) is 8.58. The zero-order valence-electron chi connectivity index (χ0n) is 30.9. The second kappa shape index (κ2) is 15.5. The molecule has 0 unspecified atom stereocenters. The summed E-state index contributed by atoms with van der Waals surface area (Å²) in [5.41, 5.74) is 2.59. The number of piperidine rings is 2. The molecule has 1 N–H and O–H groups in total. The smallest absolute Gasteiger partial charge is 0.410 e. The van der Waals surface area contributed by atoms with Gasteiger partial charge in [0.1, 0.15) is 11.2 Å². The predicted octanol–water partition coefficient (Wildman–Crippen LogP) is 5.56. The number of esters is 1. The van der Waals surface area contributed by atoms with Crippen molar-refractivity contribution in [1.29, 1.82) is 0 Å². The van der Waals surface area contributed by atoms with E-state index in [1.54, 1.807) is 27.4 Å². The highest BCUT2D eigenvalue weighted by atomic mass is 16.6. The highest BCUT2D eigenvalue weighted by Gasteiger charge is 2.30. The van der Waals surface area contributed by atoms with Crippen molar-refractivity contribution in [2.45, 2.75) is 97.2 Å². The monoisotopic (exact) mass is 720 g/mol. The number of nitrogens with zero attached hydrogens (tertiary/aromatic N) is 8. The van der Waals surface area contributed by atoms with Gasteiger partial charge in [-0.15, -0.1) is 0 Å². The number of carboxylic acid groups (broad SMARTS) is 1. The Bertz CT molecular complexity index is 1910. The zero-order valence-corrected chi connectivity index (χ0v) is 30.9. The normalized spacial score (nSPS) is 16.0. The summed E-state index contributed by atoms with van der Waals surface area (Å²) in [5.74, 6) is -0.975. The highest BCUT2D eigenvalue weighted by molar-refractivity contribution is 5.89. The summed E-state index contributed by atoms with van der Waals surface area (Å²) < 4.78 is 18.9.